The molecule has 5 nitrogen and oxygen atoms in total. The van der Waals surface area contributed by atoms with Gasteiger partial charge < -0.3 is 4.74 Å². The van der Waals surface area contributed by atoms with Crippen LogP contribution in [0.15, 0.2) is 24.3 Å². The van der Waals surface area contributed by atoms with E-state index in [-0.39, 0.29) is 23.6 Å². The van der Waals surface area contributed by atoms with Crippen LogP contribution in [0.5, 0.6) is 0 Å². The molecule has 0 amide bonds. The molecule has 0 aliphatic rings. The van der Waals surface area contributed by atoms with Crippen LogP contribution in [0, 0.1) is 12.7 Å². The van der Waals surface area contributed by atoms with Crippen molar-refractivity contribution in [2.24, 2.45) is 0 Å². The summed E-state index contributed by atoms with van der Waals surface area (Å²) in [4.78, 5) is 23.7. The van der Waals surface area contributed by atoms with Gasteiger partial charge in [-0.05, 0) is 39.0 Å². The summed E-state index contributed by atoms with van der Waals surface area (Å²) in [6.07, 6.45) is 0. The van der Waals surface area contributed by atoms with Crippen LogP contribution in [0.1, 0.15) is 40.4 Å². The number of benzene rings is 1. The molecule has 0 saturated carbocycles. The number of carbonyl (C=O) groups excluding carboxylic acids is 2. The zero-order valence-electron chi connectivity index (χ0n) is 12.0. The number of carbonyl (C=O) groups is 2. The van der Waals surface area contributed by atoms with Crippen LogP contribution in [0.25, 0.3) is 5.69 Å². The molecule has 0 aliphatic carbocycles. The van der Waals surface area contributed by atoms with Crippen LogP contribution in [-0.4, -0.2) is 28.1 Å². The van der Waals surface area contributed by atoms with Gasteiger partial charge in [-0.3, -0.25) is 4.79 Å². The lowest BCUT2D eigenvalue weighted by Crippen LogP contribution is -2.10. The molecule has 0 fully saturated rings. The van der Waals surface area contributed by atoms with Gasteiger partial charge in [0.2, 0.25) is 0 Å². The molecule has 0 saturated heterocycles. The molecular weight excluding hydrogens is 275 g/mol. The van der Waals surface area contributed by atoms with Crippen molar-refractivity contribution >= 4 is 11.8 Å². The lowest BCUT2D eigenvalue weighted by molar-refractivity contribution is 0.0516. The van der Waals surface area contributed by atoms with Gasteiger partial charge in [-0.2, -0.15) is 5.10 Å². The van der Waals surface area contributed by atoms with E-state index in [4.69, 9.17) is 4.74 Å². The highest BCUT2D eigenvalue weighted by molar-refractivity contribution is 6.05. The largest absolute Gasteiger partial charge is 0.461 e. The van der Waals surface area contributed by atoms with E-state index in [0.29, 0.717) is 11.4 Å². The molecule has 1 aromatic carbocycles. The summed E-state index contributed by atoms with van der Waals surface area (Å²) >= 11 is 0. The molecule has 0 bridgehead atoms. The Morgan fingerprint density at radius 2 is 2.10 bits per heavy atom. The van der Waals surface area contributed by atoms with Gasteiger partial charge in [0.05, 0.1) is 23.6 Å². The van der Waals surface area contributed by atoms with Gasteiger partial charge in [0, 0.05) is 0 Å². The molecule has 0 atom stereocenters. The summed E-state index contributed by atoms with van der Waals surface area (Å²) in [5.41, 5.74) is 1.05. The Hall–Kier alpha value is -2.50. The van der Waals surface area contributed by atoms with Crippen LogP contribution in [0.4, 0.5) is 4.39 Å². The molecule has 1 heterocycles. The zero-order chi connectivity index (χ0) is 15.6. The average molecular weight is 290 g/mol. The Morgan fingerprint density at radius 1 is 1.38 bits per heavy atom. The van der Waals surface area contributed by atoms with Crippen LogP contribution in [0.3, 0.4) is 0 Å². The quantitative estimate of drug-likeness (QED) is 0.641. The third-order valence-electron chi connectivity index (χ3n) is 2.99. The minimum atomic E-state index is -0.666. The topological polar surface area (TPSA) is 61.2 Å². The first-order chi connectivity index (χ1) is 9.95. The Balaban J connectivity index is 2.61. The standard InChI is InChI=1S/C15H15FN2O3/c1-4-21-15(20)14-13(10(3)19)9(2)18(17-14)12-7-5-6-11(16)8-12/h5-8H,4H2,1-3H3. The second-order valence-electron chi connectivity index (χ2n) is 4.48. The van der Waals surface area contributed by atoms with Crippen molar-refractivity contribution in [1.82, 2.24) is 9.78 Å². The fourth-order valence-corrected chi connectivity index (χ4v) is 2.13. The maximum Gasteiger partial charge on any atom is 0.359 e. The number of halogens is 1. The van der Waals surface area contributed by atoms with E-state index in [0.717, 1.165) is 0 Å². The first-order valence-corrected chi connectivity index (χ1v) is 6.49. The predicted octanol–water partition coefficient (Wildman–Crippen LogP) is 2.70. The molecular formula is C15H15FN2O3. The number of ketones is 1. The van der Waals surface area contributed by atoms with Crippen LogP contribution < -0.4 is 0 Å². The molecule has 0 aliphatic heterocycles. The number of rotatable bonds is 4. The Kier molecular flexibility index (Phi) is 4.16. The smallest absolute Gasteiger partial charge is 0.359 e. The molecule has 6 heteroatoms. The second-order valence-corrected chi connectivity index (χ2v) is 4.48. The van der Waals surface area contributed by atoms with Gasteiger partial charge in [-0.25, -0.2) is 13.9 Å². The van der Waals surface area contributed by atoms with E-state index in [1.165, 1.54) is 29.8 Å². The highest BCUT2D eigenvalue weighted by atomic mass is 19.1. The highest BCUT2D eigenvalue weighted by Crippen LogP contribution is 2.20. The van der Waals surface area contributed by atoms with Gasteiger partial charge >= 0.3 is 5.97 Å². The minimum absolute atomic E-state index is 0.0499. The molecule has 2 rings (SSSR count). The monoisotopic (exact) mass is 290 g/mol. The molecule has 21 heavy (non-hydrogen) atoms. The van der Waals surface area contributed by atoms with Gasteiger partial charge in [-0.15, -0.1) is 0 Å². The van der Waals surface area contributed by atoms with Crippen molar-refractivity contribution in [3.05, 3.63) is 47.0 Å². The molecule has 0 radical (unpaired) electrons. The van der Waals surface area contributed by atoms with Crippen LogP contribution in [0.2, 0.25) is 0 Å². The van der Waals surface area contributed by atoms with Crippen molar-refractivity contribution in [3.63, 3.8) is 0 Å². The van der Waals surface area contributed by atoms with Crippen molar-refractivity contribution in [2.75, 3.05) is 6.61 Å². The lowest BCUT2D eigenvalue weighted by atomic mass is 10.1. The molecule has 0 unspecified atom stereocenters. The van der Waals surface area contributed by atoms with Gasteiger partial charge in [0.1, 0.15) is 5.82 Å². The maximum absolute atomic E-state index is 13.3. The molecule has 1 aromatic heterocycles. The summed E-state index contributed by atoms with van der Waals surface area (Å²) in [5, 5.41) is 4.12. The van der Waals surface area contributed by atoms with Gasteiger partial charge in [0.25, 0.3) is 0 Å². The first-order valence-electron chi connectivity index (χ1n) is 6.49. The van der Waals surface area contributed by atoms with E-state index < -0.39 is 11.8 Å². The number of hydrogen-bond donors (Lipinski definition) is 0. The molecule has 2 aromatic rings. The van der Waals surface area contributed by atoms with E-state index >= 15 is 0 Å². The number of esters is 1. The number of ether oxygens (including phenoxy) is 1. The maximum atomic E-state index is 13.3. The van der Waals surface area contributed by atoms with Gasteiger partial charge in [-0.1, -0.05) is 6.07 Å². The number of aromatic nitrogens is 2. The summed E-state index contributed by atoms with van der Waals surface area (Å²) in [7, 11) is 0. The van der Waals surface area contributed by atoms with Crippen LogP contribution in [-0.2, 0) is 4.74 Å². The summed E-state index contributed by atoms with van der Waals surface area (Å²) in [5.74, 6) is -1.39. The van der Waals surface area contributed by atoms with E-state index in [1.807, 2.05) is 0 Å². The van der Waals surface area contributed by atoms with Crippen molar-refractivity contribution < 1.29 is 18.7 Å². The highest BCUT2D eigenvalue weighted by Gasteiger charge is 2.25. The zero-order valence-corrected chi connectivity index (χ0v) is 12.0. The Morgan fingerprint density at radius 3 is 2.67 bits per heavy atom. The molecule has 110 valence electrons. The summed E-state index contributed by atoms with van der Waals surface area (Å²) in [6.45, 7) is 4.85. The van der Waals surface area contributed by atoms with E-state index in [9.17, 15) is 14.0 Å². The number of Topliss-reactive ketones (excluding diaryl/α,β-unsaturated/α-hetero) is 1. The van der Waals surface area contributed by atoms with E-state index in [1.54, 1.807) is 19.9 Å². The van der Waals surface area contributed by atoms with E-state index in [2.05, 4.69) is 5.10 Å². The van der Waals surface area contributed by atoms with Gasteiger partial charge in [0.15, 0.2) is 11.5 Å². The van der Waals surface area contributed by atoms with Crippen LogP contribution >= 0.6 is 0 Å². The predicted molar refractivity (Wildman–Crippen MR) is 74.2 cm³/mol. The fraction of sp³-hybridized carbons (Fsp3) is 0.267. The summed E-state index contributed by atoms with van der Waals surface area (Å²) < 4.78 is 19.6. The second kappa shape index (κ2) is 5.87. The Bertz CT molecular complexity index is 707. The first kappa shape index (κ1) is 14.9. The van der Waals surface area contributed by atoms with Crippen molar-refractivity contribution in [2.45, 2.75) is 20.8 Å². The average Bonchev–Trinajstić information content (AvgIpc) is 2.77. The van der Waals surface area contributed by atoms with Crippen molar-refractivity contribution in [1.29, 1.82) is 0 Å². The Labute approximate surface area is 121 Å². The third-order valence-corrected chi connectivity index (χ3v) is 2.99. The third kappa shape index (κ3) is 2.84. The minimum Gasteiger partial charge on any atom is -0.461 e. The number of nitrogens with zero attached hydrogens (tertiary/aromatic N) is 2. The van der Waals surface area contributed by atoms with Crippen molar-refractivity contribution in [3.8, 4) is 5.69 Å². The molecule has 0 spiro atoms. The number of hydrogen-bond acceptors (Lipinski definition) is 4. The fourth-order valence-electron chi connectivity index (χ4n) is 2.13. The lowest BCUT2D eigenvalue weighted by Gasteiger charge is -2.04. The summed E-state index contributed by atoms with van der Waals surface area (Å²) in [6, 6.07) is 5.75. The SMILES string of the molecule is CCOC(=O)c1nn(-c2cccc(F)c2)c(C)c1C(C)=O. The molecule has 0 N–H and O–H groups in total. The normalized spacial score (nSPS) is 10.5.